The second-order valence-corrected chi connectivity index (χ2v) is 3.86. The molecule has 4 nitrogen and oxygen atoms in total. The Balaban J connectivity index is 2.06. The number of rotatable bonds is 4. The molecule has 0 radical (unpaired) electrons. The molecule has 80 valence electrons. The minimum Gasteiger partial charge on any atom is -0.294 e. The molecule has 0 aliphatic rings. The number of Topliss-reactive ketones (excluding diaryl/α,β-unsaturated/α-hetero) is 2. The third kappa shape index (κ3) is 2.38. The molecule has 0 aliphatic heterocycles. The summed E-state index contributed by atoms with van der Waals surface area (Å²) in [6.45, 7) is 0. The maximum absolute atomic E-state index is 11.7. The zero-order chi connectivity index (χ0) is 11.4. The molecule has 2 heterocycles. The Morgan fingerprint density at radius 1 is 1.31 bits per heavy atom. The summed E-state index contributed by atoms with van der Waals surface area (Å²) >= 11 is 1.34. The Labute approximate surface area is 96.0 Å². The van der Waals surface area contributed by atoms with E-state index >= 15 is 0 Å². The third-order valence-corrected chi connectivity index (χ3v) is 2.61. The summed E-state index contributed by atoms with van der Waals surface area (Å²) in [7, 11) is 0. The Bertz CT molecular complexity index is 494. The zero-order valence-electron chi connectivity index (χ0n) is 8.29. The lowest BCUT2D eigenvalue weighted by atomic mass is 10.1. The molecule has 5 heteroatoms. The SMILES string of the molecule is O=C(CC(=O)c1cscn1)c1cccnc1. The number of thiazole rings is 1. The molecule has 2 aromatic heterocycles. The molecule has 0 bridgehead atoms. The molecule has 0 aliphatic carbocycles. The maximum Gasteiger partial charge on any atom is 0.189 e. The quantitative estimate of drug-likeness (QED) is 0.597. The smallest absolute Gasteiger partial charge is 0.189 e. The highest BCUT2D eigenvalue weighted by Gasteiger charge is 2.14. The van der Waals surface area contributed by atoms with Crippen molar-refractivity contribution < 1.29 is 9.59 Å². The van der Waals surface area contributed by atoms with Crippen molar-refractivity contribution in [1.29, 1.82) is 0 Å². The van der Waals surface area contributed by atoms with Gasteiger partial charge in [0.05, 0.1) is 11.9 Å². The van der Waals surface area contributed by atoms with Gasteiger partial charge in [-0.2, -0.15) is 0 Å². The van der Waals surface area contributed by atoms with Crippen molar-refractivity contribution >= 4 is 22.9 Å². The molecule has 0 N–H and O–H groups in total. The monoisotopic (exact) mass is 232 g/mol. The number of carbonyl (C=O) groups is 2. The fraction of sp³-hybridized carbons (Fsp3) is 0.0909. The van der Waals surface area contributed by atoms with Crippen LogP contribution < -0.4 is 0 Å². The van der Waals surface area contributed by atoms with E-state index < -0.39 is 0 Å². The summed E-state index contributed by atoms with van der Waals surface area (Å²) in [5.74, 6) is -0.485. The molecule has 0 fully saturated rings. The molecule has 16 heavy (non-hydrogen) atoms. The summed E-state index contributed by atoms with van der Waals surface area (Å²) in [5.41, 5.74) is 2.37. The van der Waals surface area contributed by atoms with Gasteiger partial charge in [-0.15, -0.1) is 11.3 Å². The predicted molar refractivity (Wildman–Crippen MR) is 59.6 cm³/mol. The number of ketones is 2. The van der Waals surface area contributed by atoms with Crippen molar-refractivity contribution in [2.75, 3.05) is 0 Å². The molecule has 2 rings (SSSR count). The van der Waals surface area contributed by atoms with Gasteiger partial charge in [-0.25, -0.2) is 4.98 Å². The predicted octanol–water partition coefficient (Wildman–Crippen LogP) is 1.99. The molecule has 0 saturated carbocycles. The normalized spacial score (nSPS) is 10.0. The molecule has 0 unspecified atom stereocenters. The van der Waals surface area contributed by atoms with E-state index in [2.05, 4.69) is 9.97 Å². The lowest BCUT2D eigenvalue weighted by Gasteiger charge is -1.97. The molecule has 0 saturated heterocycles. The van der Waals surface area contributed by atoms with Gasteiger partial charge >= 0.3 is 0 Å². The molecule has 2 aromatic rings. The van der Waals surface area contributed by atoms with Gasteiger partial charge in [0, 0.05) is 23.3 Å². The molecule has 0 atom stereocenters. The van der Waals surface area contributed by atoms with E-state index in [1.54, 1.807) is 29.2 Å². The minimum absolute atomic E-state index is 0.157. The number of pyridine rings is 1. The average Bonchev–Trinajstić information content (AvgIpc) is 2.83. The molecular weight excluding hydrogens is 224 g/mol. The van der Waals surface area contributed by atoms with Crippen LogP contribution in [-0.2, 0) is 0 Å². The van der Waals surface area contributed by atoms with Gasteiger partial charge in [-0.3, -0.25) is 14.6 Å². The van der Waals surface area contributed by atoms with Crippen LogP contribution in [0.5, 0.6) is 0 Å². The summed E-state index contributed by atoms with van der Waals surface area (Å²) < 4.78 is 0. The van der Waals surface area contributed by atoms with Crippen molar-refractivity contribution in [3.05, 3.63) is 46.7 Å². The van der Waals surface area contributed by atoms with Gasteiger partial charge in [0.25, 0.3) is 0 Å². The van der Waals surface area contributed by atoms with E-state index in [4.69, 9.17) is 0 Å². The number of hydrogen-bond donors (Lipinski definition) is 0. The van der Waals surface area contributed by atoms with Crippen LogP contribution in [0.15, 0.2) is 35.4 Å². The molecule has 0 amide bonds. The van der Waals surface area contributed by atoms with Gasteiger partial charge in [0.2, 0.25) is 0 Å². The van der Waals surface area contributed by atoms with Gasteiger partial charge in [-0.1, -0.05) is 0 Å². The standard InChI is InChI=1S/C11H8N2O2S/c14-10(8-2-1-3-12-5-8)4-11(15)9-6-16-7-13-9/h1-3,5-7H,4H2. The summed E-state index contributed by atoms with van der Waals surface area (Å²) in [6, 6.07) is 3.31. The lowest BCUT2D eigenvalue weighted by molar-refractivity contribution is 0.0891. The third-order valence-electron chi connectivity index (χ3n) is 2.02. The highest BCUT2D eigenvalue weighted by molar-refractivity contribution is 7.07. The van der Waals surface area contributed by atoms with E-state index in [9.17, 15) is 9.59 Å². The van der Waals surface area contributed by atoms with Crippen LogP contribution in [-0.4, -0.2) is 21.5 Å². The second kappa shape index (κ2) is 4.76. The fourth-order valence-corrected chi connectivity index (χ4v) is 1.77. The van der Waals surface area contributed by atoms with Crippen molar-refractivity contribution in [2.24, 2.45) is 0 Å². The Kier molecular flexibility index (Phi) is 3.16. The first-order valence-corrected chi connectivity index (χ1v) is 5.56. The van der Waals surface area contributed by atoms with Crippen LogP contribution in [0.3, 0.4) is 0 Å². The van der Waals surface area contributed by atoms with Crippen LogP contribution in [0.4, 0.5) is 0 Å². The van der Waals surface area contributed by atoms with Crippen LogP contribution in [0.1, 0.15) is 27.3 Å². The van der Waals surface area contributed by atoms with E-state index in [1.807, 2.05) is 0 Å². The highest BCUT2D eigenvalue weighted by Crippen LogP contribution is 2.08. The number of carbonyl (C=O) groups excluding carboxylic acids is 2. The Hall–Kier alpha value is -1.88. The Morgan fingerprint density at radius 2 is 2.19 bits per heavy atom. The lowest BCUT2D eigenvalue weighted by Crippen LogP contribution is -2.08. The second-order valence-electron chi connectivity index (χ2n) is 3.14. The number of aromatic nitrogens is 2. The fourth-order valence-electron chi connectivity index (χ4n) is 1.22. The summed E-state index contributed by atoms with van der Waals surface area (Å²) in [5, 5.41) is 1.64. The first-order valence-electron chi connectivity index (χ1n) is 4.62. The number of hydrogen-bond acceptors (Lipinski definition) is 5. The van der Waals surface area contributed by atoms with Crippen molar-refractivity contribution in [3.63, 3.8) is 0 Å². The van der Waals surface area contributed by atoms with Gasteiger partial charge in [0.1, 0.15) is 5.69 Å². The van der Waals surface area contributed by atoms with Crippen molar-refractivity contribution in [3.8, 4) is 0 Å². The molecule has 0 spiro atoms. The van der Waals surface area contributed by atoms with Crippen LogP contribution in [0, 0.1) is 0 Å². The summed E-state index contributed by atoms with van der Waals surface area (Å²) in [6.07, 6.45) is 2.88. The average molecular weight is 232 g/mol. The van der Waals surface area contributed by atoms with Crippen molar-refractivity contribution in [2.45, 2.75) is 6.42 Å². The maximum atomic E-state index is 11.7. The molecule has 0 aromatic carbocycles. The first-order chi connectivity index (χ1) is 7.77. The van der Waals surface area contributed by atoms with Gasteiger partial charge in [0.15, 0.2) is 11.6 Å². The van der Waals surface area contributed by atoms with E-state index in [0.29, 0.717) is 11.3 Å². The van der Waals surface area contributed by atoms with Gasteiger partial charge < -0.3 is 0 Å². The van der Waals surface area contributed by atoms with Crippen LogP contribution in [0.2, 0.25) is 0 Å². The topological polar surface area (TPSA) is 59.9 Å². The van der Waals surface area contributed by atoms with Crippen LogP contribution >= 0.6 is 11.3 Å². The number of nitrogens with zero attached hydrogens (tertiary/aromatic N) is 2. The van der Waals surface area contributed by atoms with E-state index in [0.717, 1.165) is 0 Å². The first kappa shape index (κ1) is 10.6. The zero-order valence-corrected chi connectivity index (χ0v) is 9.11. The van der Waals surface area contributed by atoms with E-state index in [1.165, 1.54) is 17.5 Å². The largest absolute Gasteiger partial charge is 0.294 e. The van der Waals surface area contributed by atoms with Gasteiger partial charge in [-0.05, 0) is 12.1 Å². The van der Waals surface area contributed by atoms with Crippen molar-refractivity contribution in [1.82, 2.24) is 9.97 Å². The molecular formula is C11H8N2O2S. The highest BCUT2D eigenvalue weighted by atomic mass is 32.1. The Morgan fingerprint density at radius 3 is 2.81 bits per heavy atom. The summed E-state index contributed by atoms with van der Waals surface area (Å²) in [4.78, 5) is 31.0. The van der Waals surface area contributed by atoms with Crippen LogP contribution in [0.25, 0.3) is 0 Å². The minimum atomic E-state index is -0.255. The van der Waals surface area contributed by atoms with E-state index in [-0.39, 0.29) is 18.0 Å².